The Morgan fingerprint density at radius 1 is 1.12 bits per heavy atom. The first kappa shape index (κ1) is 17.7. The van der Waals surface area contributed by atoms with Gasteiger partial charge in [0.15, 0.2) is 0 Å². The number of nitrogens with one attached hydrogen (secondary N) is 1. The van der Waals surface area contributed by atoms with E-state index in [9.17, 15) is 9.90 Å². The van der Waals surface area contributed by atoms with Crippen LogP contribution in [0.4, 0.5) is 0 Å². The molecule has 0 amide bonds. The summed E-state index contributed by atoms with van der Waals surface area (Å²) in [6.45, 7) is 7.38. The van der Waals surface area contributed by atoms with Crippen molar-refractivity contribution in [2.45, 2.75) is 65.6 Å². The van der Waals surface area contributed by atoms with E-state index >= 15 is 0 Å². The molecule has 1 aliphatic carbocycles. The van der Waals surface area contributed by atoms with Gasteiger partial charge in [0.05, 0.1) is 5.56 Å². The molecular formula is C21H28N2O2. The molecule has 134 valence electrons. The van der Waals surface area contributed by atoms with Crippen molar-refractivity contribution in [2.24, 2.45) is 0 Å². The van der Waals surface area contributed by atoms with Crippen molar-refractivity contribution < 1.29 is 9.90 Å². The number of nitrogens with zero attached hydrogens (tertiary/aromatic N) is 1. The van der Waals surface area contributed by atoms with Crippen molar-refractivity contribution in [3.05, 3.63) is 57.9 Å². The van der Waals surface area contributed by atoms with Gasteiger partial charge in [0.1, 0.15) is 0 Å². The van der Waals surface area contributed by atoms with Gasteiger partial charge in [-0.25, -0.2) is 4.79 Å². The van der Waals surface area contributed by atoms with Gasteiger partial charge in [-0.15, -0.1) is 0 Å². The van der Waals surface area contributed by atoms with E-state index in [2.05, 4.69) is 41.1 Å². The van der Waals surface area contributed by atoms with Crippen LogP contribution in [-0.2, 0) is 13.1 Å². The maximum absolute atomic E-state index is 11.9. The highest BCUT2D eigenvalue weighted by Crippen LogP contribution is 2.25. The molecule has 1 aromatic heterocycles. The zero-order chi connectivity index (χ0) is 18.0. The van der Waals surface area contributed by atoms with Crippen LogP contribution in [0.15, 0.2) is 24.3 Å². The van der Waals surface area contributed by atoms with Crippen LogP contribution in [0.3, 0.4) is 0 Å². The summed E-state index contributed by atoms with van der Waals surface area (Å²) in [4.78, 5) is 11.9. The first-order valence-electron chi connectivity index (χ1n) is 9.18. The topological polar surface area (TPSA) is 54.3 Å². The summed E-state index contributed by atoms with van der Waals surface area (Å²) in [6, 6.07) is 8.96. The molecule has 25 heavy (non-hydrogen) atoms. The van der Waals surface area contributed by atoms with Gasteiger partial charge >= 0.3 is 5.97 Å². The third kappa shape index (κ3) is 3.79. The molecule has 4 nitrogen and oxygen atoms in total. The molecule has 4 heteroatoms. The Bertz CT molecular complexity index is 753. The van der Waals surface area contributed by atoms with Crippen molar-refractivity contribution >= 4 is 5.97 Å². The number of aromatic carboxylic acids is 1. The molecular weight excluding hydrogens is 312 g/mol. The minimum atomic E-state index is -0.827. The van der Waals surface area contributed by atoms with Gasteiger partial charge in [-0.1, -0.05) is 42.7 Å². The Balaban J connectivity index is 1.88. The summed E-state index contributed by atoms with van der Waals surface area (Å²) in [6.07, 6.45) is 4.95. The second-order valence-electron chi connectivity index (χ2n) is 7.26. The molecule has 0 saturated heterocycles. The molecule has 1 heterocycles. The molecule has 1 aliphatic rings. The van der Waals surface area contributed by atoms with Gasteiger partial charge in [-0.2, -0.15) is 0 Å². The van der Waals surface area contributed by atoms with Gasteiger partial charge < -0.3 is 15.0 Å². The lowest BCUT2D eigenvalue weighted by Gasteiger charge is -2.13. The summed E-state index contributed by atoms with van der Waals surface area (Å²) < 4.78 is 2.14. The molecule has 1 fully saturated rings. The van der Waals surface area contributed by atoms with Crippen molar-refractivity contribution in [3.8, 4) is 0 Å². The first-order chi connectivity index (χ1) is 12.0. The zero-order valence-electron chi connectivity index (χ0n) is 15.4. The number of benzene rings is 1. The third-order valence-corrected chi connectivity index (χ3v) is 5.51. The Hall–Kier alpha value is -2.07. The number of aryl methyl sites for hydroxylation is 1. The maximum Gasteiger partial charge on any atom is 0.337 e. The fourth-order valence-electron chi connectivity index (χ4n) is 3.94. The number of hydrogen-bond acceptors (Lipinski definition) is 2. The standard InChI is InChI=1S/C21H28N2O2/c1-14-8-10-17(11-9-14)13-23-15(2)19(20(16(23)3)21(24)25)12-22-18-6-4-5-7-18/h8-11,18,22H,4-7,12-13H2,1-3H3,(H,24,25). The van der Waals surface area contributed by atoms with Crippen LogP contribution in [0, 0.1) is 20.8 Å². The smallest absolute Gasteiger partial charge is 0.337 e. The van der Waals surface area contributed by atoms with Crippen LogP contribution >= 0.6 is 0 Å². The third-order valence-electron chi connectivity index (χ3n) is 5.51. The van der Waals surface area contributed by atoms with Crippen LogP contribution in [0.5, 0.6) is 0 Å². The monoisotopic (exact) mass is 340 g/mol. The summed E-state index contributed by atoms with van der Waals surface area (Å²) in [5.41, 5.74) is 5.73. The lowest BCUT2D eigenvalue weighted by molar-refractivity contribution is 0.0694. The fourth-order valence-corrected chi connectivity index (χ4v) is 3.94. The SMILES string of the molecule is Cc1ccc(Cn2c(C)c(CNC3CCCC3)c(C(=O)O)c2C)cc1. The molecule has 2 N–H and O–H groups in total. The van der Waals surface area contributed by atoms with Crippen molar-refractivity contribution in [1.82, 2.24) is 9.88 Å². The molecule has 3 rings (SSSR count). The van der Waals surface area contributed by atoms with E-state index in [1.165, 1.54) is 36.8 Å². The van der Waals surface area contributed by atoms with Crippen LogP contribution in [-0.4, -0.2) is 21.7 Å². The molecule has 0 atom stereocenters. The highest BCUT2D eigenvalue weighted by molar-refractivity contribution is 5.91. The van der Waals surface area contributed by atoms with E-state index < -0.39 is 5.97 Å². The molecule has 0 unspecified atom stereocenters. The van der Waals surface area contributed by atoms with Crippen LogP contribution in [0.25, 0.3) is 0 Å². The minimum absolute atomic E-state index is 0.468. The number of rotatable bonds is 6. The fraction of sp³-hybridized carbons (Fsp3) is 0.476. The zero-order valence-corrected chi connectivity index (χ0v) is 15.4. The van der Waals surface area contributed by atoms with Gasteiger partial charge in [-0.3, -0.25) is 0 Å². The van der Waals surface area contributed by atoms with Gasteiger partial charge in [0.2, 0.25) is 0 Å². The van der Waals surface area contributed by atoms with E-state index in [1.807, 2.05) is 13.8 Å². The van der Waals surface area contributed by atoms with E-state index in [-0.39, 0.29) is 0 Å². The van der Waals surface area contributed by atoms with Crippen LogP contribution in [0.2, 0.25) is 0 Å². The second kappa shape index (κ2) is 7.44. The summed E-state index contributed by atoms with van der Waals surface area (Å²) >= 11 is 0. The number of carbonyl (C=O) groups is 1. The quantitative estimate of drug-likeness (QED) is 0.829. The average molecular weight is 340 g/mol. The van der Waals surface area contributed by atoms with E-state index in [4.69, 9.17) is 0 Å². The molecule has 1 saturated carbocycles. The molecule has 1 aromatic carbocycles. The second-order valence-corrected chi connectivity index (χ2v) is 7.26. The molecule has 0 bridgehead atoms. The Labute approximate surface area is 149 Å². The van der Waals surface area contributed by atoms with Gasteiger partial charge in [-0.05, 0) is 39.2 Å². The largest absolute Gasteiger partial charge is 0.478 e. The normalized spacial score (nSPS) is 15.0. The van der Waals surface area contributed by atoms with Crippen LogP contribution in [0.1, 0.15) is 64.1 Å². The molecule has 0 spiro atoms. The number of aromatic nitrogens is 1. The van der Waals surface area contributed by atoms with E-state index in [0.29, 0.717) is 24.7 Å². The number of carboxylic acid groups (broad SMARTS) is 1. The summed E-state index contributed by atoms with van der Waals surface area (Å²) in [7, 11) is 0. The number of hydrogen-bond donors (Lipinski definition) is 2. The van der Waals surface area contributed by atoms with Gasteiger partial charge in [0, 0.05) is 36.1 Å². The summed E-state index contributed by atoms with van der Waals surface area (Å²) in [5.74, 6) is -0.827. The molecule has 0 radical (unpaired) electrons. The Morgan fingerprint density at radius 3 is 2.36 bits per heavy atom. The van der Waals surface area contributed by atoms with Crippen molar-refractivity contribution in [1.29, 1.82) is 0 Å². The lowest BCUT2D eigenvalue weighted by Crippen LogP contribution is -2.26. The van der Waals surface area contributed by atoms with E-state index in [1.54, 1.807) is 0 Å². The highest BCUT2D eigenvalue weighted by Gasteiger charge is 2.23. The van der Waals surface area contributed by atoms with Gasteiger partial charge in [0.25, 0.3) is 0 Å². The minimum Gasteiger partial charge on any atom is -0.478 e. The molecule has 0 aliphatic heterocycles. The number of carboxylic acids is 1. The molecule has 2 aromatic rings. The maximum atomic E-state index is 11.9. The highest BCUT2D eigenvalue weighted by atomic mass is 16.4. The predicted octanol–water partition coefficient (Wildman–Crippen LogP) is 4.19. The Morgan fingerprint density at radius 2 is 1.76 bits per heavy atom. The summed E-state index contributed by atoms with van der Waals surface area (Å²) in [5, 5.41) is 13.3. The average Bonchev–Trinajstić information content (AvgIpc) is 3.17. The first-order valence-corrected chi connectivity index (χ1v) is 9.18. The van der Waals surface area contributed by atoms with Crippen molar-refractivity contribution in [2.75, 3.05) is 0 Å². The predicted molar refractivity (Wildman–Crippen MR) is 100 cm³/mol. The van der Waals surface area contributed by atoms with Crippen molar-refractivity contribution in [3.63, 3.8) is 0 Å². The Kier molecular flexibility index (Phi) is 5.28. The van der Waals surface area contributed by atoms with Crippen LogP contribution < -0.4 is 5.32 Å². The van der Waals surface area contributed by atoms with E-state index in [0.717, 1.165) is 17.0 Å². The lowest BCUT2D eigenvalue weighted by atomic mass is 10.1.